The molecule has 1 saturated heterocycles. The van der Waals surface area contributed by atoms with Gasteiger partial charge in [0.15, 0.2) is 0 Å². The van der Waals surface area contributed by atoms with Crippen molar-refractivity contribution in [3.63, 3.8) is 0 Å². The molecule has 0 aromatic heterocycles. The third-order valence-electron chi connectivity index (χ3n) is 3.99. The molecule has 2 rings (SSSR count). The van der Waals surface area contributed by atoms with Gasteiger partial charge in [-0.15, -0.1) is 0 Å². The Balaban J connectivity index is 1.83. The Kier molecular flexibility index (Phi) is 5.08. The number of hydrogen-bond acceptors (Lipinski definition) is 2. The number of nitrogens with one attached hydrogen (secondary N) is 1. The number of halogens is 1. The van der Waals surface area contributed by atoms with Crippen LogP contribution >= 0.6 is 15.9 Å². The quantitative estimate of drug-likeness (QED) is 0.798. The third-order valence-corrected chi connectivity index (χ3v) is 6.37. The Bertz CT molecular complexity index is 374. The summed E-state index contributed by atoms with van der Waals surface area (Å²) in [5.41, 5.74) is 0. The van der Waals surface area contributed by atoms with E-state index in [1.165, 1.54) is 0 Å². The molecule has 0 bridgehead atoms. The van der Waals surface area contributed by atoms with E-state index in [4.69, 9.17) is 0 Å². The van der Waals surface area contributed by atoms with Crippen LogP contribution in [-0.2, 0) is 10.2 Å². The second-order valence-corrected chi connectivity index (χ2v) is 8.79. The summed E-state index contributed by atoms with van der Waals surface area (Å²) in [4.78, 5) is 0.571. The standard InChI is InChI=1S/C12H23BrN2O2S/c1-10-3-2-6-15(9-10)18(16,17)14-8-11-4-5-12(13)7-11/h10-12,14H,2-9H2,1H3. The number of hydrogen-bond donors (Lipinski definition) is 1. The molecule has 106 valence electrons. The Morgan fingerprint density at radius 3 is 2.72 bits per heavy atom. The number of nitrogens with zero attached hydrogens (tertiary/aromatic N) is 1. The minimum atomic E-state index is -3.25. The van der Waals surface area contributed by atoms with Crippen LogP contribution in [-0.4, -0.2) is 37.2 Å². The van der Waals surface area contributed by atoms with Crippen molar-refractivity contribution < 1.29 is 8.42 Å². The topological polar surface area (TPSA) is 49.4 Å². The smallest absolute Gasteiger partial charge is 0.202 e. The van der Waals surface area contributed by atoms with Gasteiger partial charge in [0.1, 0.15) is 0 Å². The summed E-state index contributed by atoms with van der Waals surface area (Å²) < 4.78 is 28.7. The maximum absolute atomic E-state index is 12.2. The van der Waals surface area contributed by atoms with Crippen LogP contribution in [0.1, 0.15) is 39.0 Å². The fraction of sp³-hybridized carbons (Fsp3) is 1.00. The van der Waals surface area contributed by atoms with Gasteiger partial charge in [-0.3, -0.25) is 0 Å². The molecule has 1 heterocycles. The lowest BCUT2D eigenvalue weighted by Gasteiger charge is -2.30. The van der Waals surface area contributed by atoms with Gasteiger partial charge < -0.3 is 0 Å². The highest BCUT2D eigenvalue weighted by molar-refractivity contribution is 9.09. The van der Waals surface area contributed by atoms with Gasteiger partial charge >= 0.3 is 0 Å². The molecule has 0 spiro atoms. The summed E-state index contributed by atoms with van der Waals surface area (Å²) in [7, 11) is -3.25. The highest BCUT2D eigenvalue weighted by atomic mass is 79.9. The lowest BCUT2D eigenvalue weighted by Crippen LogP contribution is -2.46. The van der Waals surface area contributed by atoms with E-state index < -0.39 is 10.2 Å². The van der Waals surface area contributed by atoms with E-state index in [1.54, 1.807) is 4.31 Å². The molecule has 2 fully saturated rings. The second-order valence-electron chi connectivity index (χ2n) is 5.74. The van der Waals surface area contributed by atoms with Gasteiger partial charge in [-0.2, -0.15) is 12.7 Å². The van der Waals surface area contributed by atoms with E-state index in [0.717, 1.165) is 32.1 Å². The van der Waals surface area contributed by atoms with Gasteiger partial charge in [0.05, 0.1) is 0 Å². The maximum atomic E-state index is 12.2. The summed E-state index contributed by atoms with van der Waals surface area (Å²) in [6, 6.07) is 0. The zero-order chi connectivity index (χ0) is 13.2. The Morgan fingerprint density at radius 1 is 1.33 bits per heavy atom. The highest BCUT2D eigenvalue weighted by Gasteiger charge is 2.29. The SMILES string of the molecule is CC1CCCN(S(=O)(=O)NCC2CCC(Br)C2)C1. The van der Waals surface area contributed by atoms with Crippen LogP contribution in [0.4, 0.5) is 0 Å². The van der Waals surface area contributed by atoms with E-state index in [-0.39, 0.29) is 0 Å². The van der Waals surface area contributed by atoms with E-state index in [9.17, 15) is 8.42 Å². The first-order valence-electron chi connectivity index (χ1n) is 6.86. The fourth-order valence-corrected chi connectivity index (χ4v) is 5.12. The van der Waals surface area contributed by atoms with Gasteiger partial charge in [-0.25, -0.2) is 4.72 Å². The van der Waals surface area contributed by atoms with E-state index in [1.807, 2.05) is 0 Å². The largest absolute Gasteiger partial charge is 0.279 e. The molecule has 0 radical (unpaired) electrons. The van der Waals surface area contributed by atoms with E-state index in [2.05, 4.69) is 27.6 Å². The lowest BCUT2D eigenvalue weighted by atomic mass is 10.0. The van der Waals surface area contributed by atoms with Crippen LogP contribution < -0.4 is 4.72 Å². The zero-order valence-corrected chi connectivity index (χ0v) is 13.3. The van der Waals surface area contributed by atoms with Crippen LogP contribution in [0, 0.1) is 11.8 Å². The van der Waals surface area contributed by atoms with Crippen molar-refractivity contribution in [2.45, 2.75) is 43.9 Å². The minimum absolute atomic E-state index is 0.480. The minimum Gasteiger partial charge on any atom is -0.202 e. The molecule has 1 N–H and O–H groups in total. The van der Waals surface area contributed by atoms with Crippen molar-refractivity contribution >= 4 is 26.1 Å². The van der Waals surface area contributed by atoms with Gasteiger partial charge in [-0.1, -0.05) is 22.9 Å². The fourth-order valence-electron chi connectivity index (χ4n) is 2.88. The summed E-state index contributed by atoms with van der Waals surface area (Å²) in [6.07, 6.45) is 5.48. The molecule has 1 aliphatic carbocycles. The normalized spacial score (nSPS) is 34.9. The zero-order valence-electron chi connectivity index (χ0n) is 10.9. The van der Waals surface area contributed by atoms with Crippen LogP contribution in [0.5, 0.6) is 0 Å². The van der Waals surface area contributed by atoms with Crippen LogP contribution in [0.15, 0.2) is 0 Å². The lowest BCUT2D eigenvalue weighted by molar-refractivity contribution is 0.277. The molecule has 3 unspecified atom stereocenters. The Hall–Kier alpha value is 0.350. The first-order valence-corrected chi connectivity index (χ1v) is 9.22. The molecule has 2 aliphatic rings. The van der Waals surface area contributed by atoms with Crippen molar-refractivity contribution in [1.82, 2.24) is 9.03 Å². The molecule has 1 aliphatic heterocycles. The molecule has 6 heteroatoms. The highest BCUT2D eigenvalue weighted by Crippen LogP contribution is 2.30. The molecule has 0 aromatic carbocycles. The van der Waals surface area contributed by atoms with E-state index in [0.29, 0.717) is 36.3 Å². The first-order chi connectivity index (χ1) is 8.47. The summed E-state index contributed by atoms with van der Waals surface area (Å²) >= 11 is 3.60. The number of piperidine rings is 1. The molecule has 4 nitrogen and oxygen atoms in total. The van der Waals surface area contributed by atoms with Crippen molar-refractivity contribution in [2.75, 3.05) is 19.6 Å². The molecule has 18 heavy (non-hydrogen) atoms. The maximum Gasteiger partial charge on any atom is 0.279 e. The van der Waals surface area contributed by atoms with Crippen LogP contribution in [0.25, 0.3) is 0 Å². The predicted octanol–water partition coefficient (Wildman–Crippen LogP) is 2.12. The summed E-state index contributed by atoms with van der Waals surface area (Å²) in [5, 5.41) is 0. The molecule has 1 saturated carbocycles. The Morgan fingerprint density at radius 2 is 2.11 bits per heavy atom. The van der Waals surface area contributed by atoms with E-state index >= 15 is 0 Å². The first kappa shape index (κ1) is 14.8. The van der Waals surface area contributed by atoms with Gasteiger partial charge in [0.25, 0.3) is 10.2 Å². The van der Waals surface area contributed by atoms with Crippen LogP contribution in [0.3, 0.4) is 0 Å². The monoisotopic (exact) mass is 338 g/mol. The Labute approximate surface area is 119 Å². The molecule has 0 amide bonds. The third kappa shape index (κ3) is 3.92. The summed E-state index contributed by atoms with van der Waals surface area (Å²) in [5.74, 6) is 0.972. The van der Waals surface area contributed by atoms with Crippen molar-refractivity contribution in [1.29, 1.82) is 0 Å². The molecule has 3 atom stereocenters. The molecular weight excluding hydrogens is 316 g/mol. The molecule has 0 aromatic rings. The predicted molar refractivity (Wildman–Crippen MR) is 76.9 cm³/mol. The number of alkyl halides is 1. The van der Waals surface area contributed by atoms with Gasteiger partial charge in [0, 0.05) is 24.5 Å². The molecular formula is C12H23BrN2O2S. The average molecular weight is 339 g/mol. The van der Waals surface area contributed by atoms with Crippen LogP contribution in [0.2, 0.25) is 0 Å². The second kappa shape index (κ2) is 6.20. The van der Waals surface area contributed by atoms with Gasteiger partial charge in [-0.05, 0) is 43.9 Å². The van der Waals surface area contributed by atoms with Crippen molar-refractivity contribution in [2.24, 2.45) is 11.8 Å². The average Bonchev–Trinajstić information content (AvgIpc) is 2.73. The number of rotatable bonds is 4. The summed E-state index contributed by atoms with van der Waals surface area (Å²) in [6.45, 7) is 4.05. The van der Waals surface area contributed by atoms with Gasteiger partial charge in [0.2, 0.25) is 0 Å². The van der Waals surface area contributed by atoms with Crippen molar-refractivity contribution in [3.05, 3.63) is 0 Å². The van der Waals surface area contributed by atoms with Crippen molar-refractivity contribution in [3.8, 4) is 0 Å².